The van der Waals surface area contributed by atoms with Gasteiger partial charge in [0.2, 0.25) is 0 Å². The van der Waals surface area contributed by atoms with Crippen molar-refractivity contribution < 1.29 is 0 Å². The third kappa shape index (κ3) is 1.91. The molecule has 0 bridgehead atoms. The molecule has 0 spiro atoms. The van der Waals surface area contributed by atoms with Crippen LogP contribution in [0.25, 0.3) is 11.4 Å². The number of rotatable bonds is 1. The van der Waals surface area contributed by atoms with Crippen molar-refractivity contribution in [2.75, 3.05) is 0 Å². The lowest BCUT2D eigenvalue weighted by molar-refractivity contribution is 1.15. The molecule has 0 amide bonds. The monoisotopic (exact) mass is 209 g/mol. The Labute approximate surface area is 94.4 Å². The first kappa shape index (κ1) is 10.3. The fraction of sp³-hybridized carbons (Fsp3) is 0.154. The number of hydrogen-bond acceptors (Lipinski definition) is 3. The summed E-state index contributed by atoms with van der Waals surface area (Å²) in [5, 5.41) is 8.66. The zero-order valence-electron chi connectivity index (χ0n) is 9.23. The normalized spacial score (nSPS) is 9.81. The summed E-state index contributed by atoms with van der Waals surface area (Å²) in [7, 11) is 0. The van der Waals surface area contributed by atoms with Gasteiger partial charge in [-0.2, -0.15) is 5.26 Å². The van der Waals surface area contributed by atoms with E-state index < -0.39 is 0 Å². The van der Waals surface area contributed by atoms with Gasteiger partial charge < -0.3 is 0 Å². The second-order valence-corrected chi connectivity index (χ2v) is 3.73. The largest absolute Gasteiger partial charge is 0.235 e. The molecular weight excluding hydrogens is 198 g/mol. The molecule has 0 atom stereocenters. The zero-order valence-corrected chi connectivity index (χ0v) is 9.23. The Balaban J connectivity index is 2.47. The maximum atomic E-state index is 8.66. The fourth-order valence-electron chi connectivity index (χ4n) is 1.59. The highest BCUT2D eigenvalue weighted by molar-refractivity contribution is 5.60. The Hall–Kier alpha value is -2.21. The quantitative estimate of drug-likeness (QED) is 0.725. The molecule has 0 aliphatic heterocycles. The average molecular weight is 209 g/mol. The summed E-state index contributed by atoms with van der Waals surface area (Å²) in [4.78, 5) is 8.35. The van der Waals surface area contributed by atoms with Crippen LogP contribution in [0.2, 0.25) is 0 Å². The Morgan fingerprint density at radius 1 is 1.12 bits per heavy atom. The standard InChI is InChI=1S/C13H11N3/c1-9-3-4-12(10(2)5-9)13-15-7-11(6-14)8-16-13/h3-5,7-8H,1-2H3. The Morgan fingerprint density at radius 3 is 2.38 bits per heavy atom. The maximum absolute atomic E-state index is 8.66. The molecule has 0 aliphatic carbocycles. The van der Waals surface area contributed by atoms with E-state index in [1.54, 1.807) is 12.4 Å². The van der Waals surface area contributed by atoms with Crippen LogP contribution in [0.1, 0.15) is 16.7 Å². The van der Waals surface area contributed by atoms with Crippen LogP contribution in [0.3, 0.4) is 0 Å². The molecule has 0 saturated carbocycles. The van der Waals surface area contributed by atoms with Crippen LogP contribution in [0.15, 0.2) is 30.6 Å². The van der Waals surface area contributed by atoms with Crippen molar-refractivity contribution in [3.63, 3.8) is 0 Å². The van der Waals surface area contributed by atoms with E-state index >= 15 is 0 Å². The third-order valence-corrected chi connectivity index (χ3v) is 2.40. The minimum absolute atomic E-state index is 0.480. The molecule has 0 fully saturated rings. The molecule has 2 rings (SSSR count). The molecule has 2 aromatic rings. The van der Waals surface area contributed by atoms with E-state index in [0.29, 0.717) is 11.4 Å². The zero-order chi connectivity index (χ0) is 11.5. The molecule has 0 aliphatic rings. The Morgan fingerprint density at radius 2 is 1.81 bits per heavy atom. The maximum Gasteiger partial charge on any atom is 0.159 e. The van der Waals surface area contributed by atoms with E-state index in [4.69, 9.17) is 5.26 Å². The van der Waals surface area contributed by atoms with E-state index in [2.05, 4.69) is 23.0 Å². The SMILES string of the molecule is Cc1ccc(-c2ncc(C#N)cn2)c(C)c1. The minimum atomic E-state index is 0.480. The fourth-order valence-corrected chi connectivity index (χ4v) is 1.59. The minimum Gasteiger partial charge on any atom is -0.235 e. The molecule has 1 aromatic carbocycles. The van der Waals surface area contributed by atoms with E-state index in [9.17, 15) is 0 Å². The first-order chi connectivity index (χ1) is 7.70. The molecule has 3 heteroatoms. The molecule has 1 aromatic heterocycles. The lowest BCUT2D eigenvalue weighted by Crippen LogP contribution is -1.92. The van der Waals surface area contributed by atoms with Crippen molar-refractivity contribution in [2.45, 2.75) is 13.8 Å². The molecule has 0 unspecified atom stereocenters. The van der Waals surface area contributed by atoms with Crippen LogP contribution in [0.4, 0.5) is 0 Å². The summed E-state index contributed by atoms with van der Waals surface area (Å²) < 4.78 is 0. The van der Waals surface area contributed by atoms with Crippen molar-refractivity contribution in [2.24, 2.45) is 0 Å². The predicted molar refractivity (Wildman–Crippen MR) is 61.7 cm³/mol. The van der Waals surface area contributed by atoms with E-state index in [0.717, 1.165) is 11.1 Å². The van der Waals surface area contributed by atoms with Crippen LogP contribution in [0, 0.1) is 25.2 Å². The first-order valence-corrected chi connectivity index (χ1v) is 5.00. The van der Waals surface area contributed by atoms with E-state index in [-0.39, 0.29) is 0 Å². The van der Waals surface area contributed by atoms with Gasteiger partial charge in [-0.15, -0.1) is 0 Å². The summed E-state index contributed by atoms with van der Waals surface area (Å²) in [6, 6.07) is 8.14. The summed E-state index contributed by atoms with van der Waals surface area (Å²) in [5.41, 5.74) is 3.85. The van der Waals surface area contributed by atoms with Crippen molar-refractivity contribution in [1.82, 2.24) is 9.97 Å². The Bertz CT molecular complexity index is 550. The highest BCUT2D eigenvalue weighted by Crippen LogP contribution is 2.20. The molecular formula is C13H11N3. The summed E-state index contributed by atoms with van der Waals surface area (Å²) in [6.45, 7) is 4.08. The highest BCUT2D eigenvalue weighted by Gasteiger charge is 2.04. The van der Waals surface area contributed by atoms with Gasteiger partial charge in [0.15, 0.2) is 5.82 Å². The molecule has 78 valence electrons. The van der Waals surface area contributed by atoms with Crippen LogP contribution in [-0.4, -0.2) is 9.97 Å². The number of benzene rings is 1. The lowest BCUT2D eigenvalue weighted by Gasteiger charge is -2.04. The number of nitrogens with zero attached hydrogens (tertiary/aromatic N) is 3. The van der Waals surface area contributed by atoms with Crippen molar-refractivity contribution in [1.29, 1.82) is 5.26 Å². The summed E-state index contributed by atoms with van der Waals surface area (Å²) in [5.74, 6) is 0.663. The topological polar surface area (TPSA) is 49.6 Å². The molecule has 0 radical (unpaired) electrons. The van der Waals surface area contributed by atoms with Crippen LogP contribution in [0.5, 0.6) is 0 Å². The number of hydrogen-bond donors (Lipinski definition) is 0. The van der Waals surface area contributed by atoms with Gasteiger partial charge in [-0.05, 0) is 19.4 Å². The smallest absolute Gasteiger partial charge is 0.159 e. The van der Waals surface area contributed by atoms with Crippen LogP contribution in [-0.2, 0) is 0 Å². The van der Waals surface area contributed by atoms with Gasteiger partial charge in [0, 0.05) is 18.0 Å². The van der Waals surface area contributed by atoms with Gasteiger partial charge in [0.25, 0.3) is 0 Å². The van der Waals surface area contributed by atoms with Crippen LogP contribution < -0.4 is 0 Å². The summed E-state index contributed by atoms with van der Waals surface area (Å²) >= 11 is 0. The molecule has 16 heavy (non-hydrogen) atoms. The number of aryl methyl sites for hydroxylation is 2. The van der Waals surface area contributed by atoms with Gasteiger partial charge in [-0.3, -0.25) is 0 Å². The van der Waals surface area contributed by atoms with E-state index in [1.165, 1.54) is 5.56 Å². The lowest BCUT2D eigenvalue weighted by atomic mass is 10.1. The number of aromatic nitrogens is 2. The second-order valence-electron chi connectivity index (χ2n) is 3.73. The number of nitriles is 1. The van der Waals surface area contributed by atoms with Gasteiger partial charge in [-0.25, -0.2) is 9.97 Å². The Kier molecular flexibility index (Phi) is 2.65. The van der Waals surface area contributed by atoms with Crippen molar-refractivity contribution in [3.8, 4) is 17.5 Å². The third-order valence-electron chi connectivity index (χ3n) is 2.40. The van der Waals surface area contributed by atoms with Crippen molar-refractivity contribution >= 4 is 0 Å². The van der Waals surface area contributed by atoms with Gasteiger partial charge in [0.05, 0.1) is 5.56 Å². The average Bonchev–Trinajstić information content (AvgIpc) is 2.29. The first-order valence-electron chi connectivity index (χ1n) is 5.00. The molecule has 0 saturated heterocycles. The van der Waals surface area contributed by atoms with Crippen molar-refractivity contribution in [3.05, 3.63) is 47.3 Å². The molecule has 1 heterocycles. The van der Waals surface area contributed by atoms with E-state index in [1.807, 2.05) is 25.1 Å². The van der Waals surface area contributed by atoms with Crippen LogP contribution >= 0.6 is 0 Å². The molecule has 0 N–H and O–H groups in total. The molecule has 3 nitrogen and oxygen atoms in total. The predicted octanol–water partition coefficient (Wildman–Crippen LogP) is 2.63. The van der Waals surface area contributed by atoms with Gasteiger partial charge in [-0.1, -0.05) is 23.8 Å². The van der Waals surface area contributed by atoms with Gasteiger partial charge in [0.1, 0.15) is 6.07 Å². The second kappa shape index (κ2) is 4.11. The summed E-state index contributed by atoms with van der Waals surface area (Å²) in [6.07, 6.45) is 3.09. The van der Waals surface area contributed by atoms with Gasteiger partial charge >= 0.3 is 0 Å². The highest BCUT2D eigenvalue weighted by atomic mass is 14.9.